The van der Waals surface area contributed by atoms with Crippen molar-refractivity contribution in [1.82, 2.24) is 15.1 Å². The maximum atomic E-state index is 11.8. The van der Waals surface area contributed by atoms with Gasteiger partial charge in [-0.05, 0) is 68.6 Å². The molecule has 1 amide bonds. The Labute approximate surface area is 219 Å². The third-order valence-electron chi connectivity index (χ3n) is 6.90. The van der Waals surface area contributed by atoms with Gasteiger partial charge in [0.05, 0.1) is 6.04 Å². The molecule has 1 N–H and O–H groups in total. The second-order valence-electron chi connectivity index (χ2n) is 9.52. The third-order valence-corrected chi connectivity index (χ3v) is 8.00. The highest BCUT2D eigenvalue weighted by atomic mass is 32.2. The molecule has 1 saturated heterocycles. The quantitative estimate of drug-likeness (QED) is 0.302. The van der Waals surface area contributed by atoms with Crippen LogP contribution in [0.2, 0.25) is 0 Å². The molecule has 1 aliphatic heterocycles. The van der Waals surface area contributed by atoms with Gasteiger partial charge >= 0.3 is 0 Å². The van der Waals surface area contributed by atoms with E-state index in [0.29, 0.717) is 18.5 Å². The summed E-state index contributed by atoms with van der Waals surface area (Å²) >= 11 is 1.74. The summed E-state index contributed by atoms with van der Waals surface area (Å²) in [5.41, 5.74) is 4.26. The van der Waals surface area contributed by atoms with Crippen molar-refractivity contribution in [3.63, 3.8) is 0 Å². The average Bonchev–Trinajstić information content (AvgIpc) is 2.91. The molecule has 1 heterocycles. The monoisotopic (exact) mass is 509 g/mol. The lowest BCUT2D eigenvalue weighted by Gasteiger charge is -2.26. The van der Waals surface area contributed by atoms with E-state index in [4.69, 9.17) is 0 Å². The van der Waals surface area contributed by atoms with Crippen LogP contribution in [0.3, 0.4) is 0 Å². The predicted molar refractivity (Wildman–Crippen MR) is 146 cm³/mol. The summed E-state index contributed by atoms with van der Waals surface area (Å²) in [5, 5.41) is 2.59. The summed E-state index contributed by atoms with van der Waals surface area (Å²) in [6, 6.07) is 14.4. The number of carbonyl (C=O) groups is 3. The molecule has 0 aliphatic carbocycles. The van der Waals surface area contributed by atoms with E-state index in [1.165, 1.54) is 43.5 Å². The van der Waals surface area contributed by atoms with Crippen LogP contribution in [0.5, 0.6) is 0 Å². The van der Waals surface area contributed by atoms with Gasteiger partial charge in [0.2, 0.25) is 5.91 Å². The lowest BCUT2D eigenvalue weighted by Crippen LogP contribution is -2.34. The van der Waals surface area contributed by atoms with Gasteiger partial charge in [-0.1, -0.05) is 42.8 Å². The van der Waals surface area contributed by atoms with E-state index in [1.807, 2.05) is 30.1 Å². The molecule has 0 radical (unpaired) electrons. The number of amides is 1. The molecule has 1 aliphatic rings. The molecule has 2 aromatic carbocycles. The minimum absolute atomic E-state index is 0.0840. The molecule has 0 aromatic heterocycles. The number of carbonyl (C=O) groups excluding carboxylic acids is 3. The van der Waals surface area contributed by atoms with Gasteiger partial charge in [-0.2, -0.15) is 0 Å². The van der Waals surface area contributed by atoms with Crippen LogP contribution in [0.1, 0.15) is 59.2 Å². The summed E-state index contributed by atoms with van der Waals surface area (Å²) < 4.78 is 0. The van der Waals surface area contributed by atoms with Crippen molar-refractivity contribution in [3.05, 3.63) is 64.7 Å². The van der Waals surface area contributed by atoms with Gasteiger partial charge in [0.25, 0.3) is 0 Å². The molecule has 1 atom stereocenters. The Morgan fingerprint density at radius 3 is 2.47 bits per heavy atom. The van der Waals surface area contributed by atoms with Gasteiger partial charge in [0.15, 0.2) is 0 Å². The second-order valence-corrected chi connectivity index (χ2v) is 10.7. The van der Waals surface area contributed by atoms with Crippen LogP contribution >= 0.6 is 11.8 Å². The van der Waals surface area contributed by atoms with Gasteiger partial charge in [0, 0.05) is 42.8 Å². The summed E-state index contributed by atoms with van der Waals surface area (Å²) in [7, 11) is 3.46. The number of benzene rings is 2. The van der Waals surface area contributed by atoms with Gasteiger partial charge in [0.1, 0.15) is 12.6 Å². The predicted octanol–water partition coefficient (Wildman–Crippen LogP) is 4.35. The molecule has 0 bridgehead atoms. The first kappa shape index (κ1) is 28.1. The van der Waals surface area contributed by atoms with Crippen LogP contribution in [0.15, 0.2) is 47.4 Å². The molecule has 1 fully saturated rings. The minimum Gasteiger partial charge on any atom is -0.359 e. The zero-order valence-electron chi connectivity index (χ0n) is 21.6. The highest BCUT2D eigenvalue weighted by molar-refractivity contribution is 7.99. The zero-order chi connectivity index (χ0) is 25.8. The molecule has 0 spiro atoms. The van der Waals surface area contributed by atoms with Crippen LogP contribution in [0.25, 0.3) is 0 Å². The first-order valence-electron chi connectivity index (χ1n) is 12.9. The molecule has 2 aromatic rings. The number of likely N-dealkylation sites (N-methyl/N-ethyl adjacent to an activating group) is 1. The molecule has 7 heteroatoms. The maximum absolute atomic E-state index is 11.8. The molecule has 194 valence electrons. The summed E-state index contributed by atoms with van der Waals surface area (Å²) in [6.45, 7) is 3.92. The summed E-state index contributed by atoms with van der Waals surface area (Å²) in [5.74, 6) is 0.817. The number of rotatable bonds is 14. The van der Waals surface area contributed by atoms with Crippen LogP contribution < -0.4 is 5.32 Å². The van der Waals surface area contributed by atoms with E-state index in [2.05, 4.69) is 34.5 Å². The number of nitrogens with zero attached hydrogens (tertiary/aromatic N) is 2. The Balaban J connectivity index is 1.57. The van der Waals surface area contributed by atoms with Crippen molar-refractivity contribution in [2.75, 3.05) is 32.9 Å². The first-order valence-corrected chi connectivity index (χ1v) is 13.9. The fourth-order valence-electron chi connectivity index (χ4n) is 4.63. The smallest absolute Gasteiger partial charge is 0.219 e. The Morgan fingerprint density at radius 2 is 1.81 bits per heavy atom. The number of hydrogen-bond acceptors (Lipinski definition) is 6. The maximum Gasteiger partial charge on any atom is 0.219 e. The van der Waals surface area contributed by atoms with Crippen LogP contribution in [-0.4, -0.2) is 67.3 Å². The van der Waals surface area contributed by atoms with Crippen molar-refractivity contribution in [2.24, 2.45) is 0 Å². The highest BCUT2D eigenvalue weighted by Gasteiger charge is 2.19. The Kier molecular flexibility index (Phi) is 11.7. The SMILES string of the molecule is CNC(=O)CCC(C=O)N(C)Cc1c(C=O)cccc1SCCc1ccc(CN2CCCCC2)cc1. The van der Waals surface area contributed by atoms with Gasteiger partial charge in [-0.3, -0.25) is 19.4 Å². The number of hydrogen-bond donors (Lipinski definition) is 1. The van der Waals surface area contributed by atoms with Crippen molar-refractivity contribution >= 4 is 30.2 Å². The molecular formula is C29H39N3O3S. The fraction of sp³-hybridized carbons (Fsp3) is 0.483. The van der Waals surface area contributed by atoms with Gasteiger partial charge < -0.3 is 10.1 Å². The summed E-state index contributed by atoms with van der Waals surface area (Å²) in [4.78, 5) is 40.6. The van der Waals surface area contributed by atoms with Gasteiger partial charge in [-0.25, -0.2) is 0 Å². The lowest BCUT2D eigenvalue weighted by molar-refractivity contribution is -0.121. The number of aryl methyl sites for hydroxylation is 1. The first-order chi connectivity index (χ1) is 17.5. The molecule has 36 heavy (non-hydrogen) atoms. The number of likely N-dealkylation sites (tertiary alicyclic amines) is 1. The van der Waals surface area contributed by atoms with Crippen LogP contribution in [-0.2, 0) is 29.1 Å². The van der Waals surface area contributed by atoms with Crippen LogP contribution in [0, 0.1) is 0 Å². The number of aldehydes is 2. The number of thioether (sulfide) groups is 1. The Morgan fingerprint density at radius 1 is 1.08 bits per heavy atom. The number of nitrogens with one attached hydrogen (secondary N) is 1. The molecule has 0 saturated carbocycles. The minimum atomic E-state index is -0.386. The standard InChI is InChI=1S/C29H39N3O3S/c1-30-29(35)14-13-26(22-34)31(2)20-27-25(21-33)7-6-8-28(27)36-18-15-23-9-11-24(12-10-23)19-32-16-4-3-5-17-32/h6-12,21-22,26H,3-5,13-20H2,1-2H3,(H,30,35). The van der Waals surface area contributed by atoms with E-state index >= 15 is 0 Å². The topological polar surface area (TPSA) is 69.7 Å². The van der Waals surface area contributed by atoms with Crippen molar-refractivity contribution < 1.29 is 14.4 Å². The summed E-state index contributed by atoms with van der Waals surface area (Å²) in [6.07, 6.45) is 7.42. The average molecular weight is 510 g/mol. The molecular weight excluding hydrogens is 470 g/mol. The van der Waals surface area contributed by atoms with E-state index in [-0.39, 0.29) is 18.4 Å². The second kappa shape index (κ2) is 14.9. The molecule has 6 nitrogen and oxygen atoms in total. The Hall–Kier alpha value is -2.48. The van der Waals surface area contributed by atoms with E-state index < -0.39 is 0 Å². The fourth-order valence-corrected chi connectivity index (χ4v) is 5.72. The van der Waals surface area contributed by atoms with Crippen molar-refractivity contribution in [2.45, 2.75) is 62.6 Å². The normalized spacial score (nSPS) is 15.0. The van der Waals surface area contributed by atoms with Crippen molar-refractivity contribution in [1.29, 1.82) is 0 Å². The third kappa shape index (κ3) is 8.57. The van der Waals surface area contributed by atoms with E-state index in [9.17, 15) is 14.4 Å². The lowest BCUT2D eigenvalue weighted by atomic mass is 10.1. The zero-order valence-corrected chi connectivity index (χ0v) is 22.4. The Bertz CT molecular complexity index is 990. The van der Waals surface area contributed by atoms with Crippen LogP contribution in [0.4, 0.5) is 0 Å². The van der Waals surface area contributed by atoms with E-state index in [0.717, 1.165) is 41.7 Å². The highest BCUT2D eigenvalue weighted by Crippen LogP contribution is 2.28. The molecule has 3 rings (SSSR count). The number of piperidine rings is 1. The molecule has 1 unspecified atom stereocenters. The van der Waals surface area contributed by atoms with Gasteiger partial charge in [-0.15, -0.1) is 11.8 Å². The van der Waals surface area contributed by atoms with Crippen molar-refractivity contribution in [3.8, 4) is 0 Å². The van der Waals surface area contributed by atoms with E-state index in [1.54, 1.807) is 18.8 Å². The largest absolute Gasteiger partial charge is 0.359 e.